The molecular formula is C19H29N3O2. The first-order valence-corrected chi connectivity index (χ1v) is 8.54. The van der Waals surface area contributed by atoms with Gasteiger partial charge in [-0.3, -0.25) is 4.90 Å². The van der Waals surface area contributed by atoms with E-state index in [9.17, 15) is 5.26 Å². The molecule has 0 spiro atoms. The van der Waals surface area contributed by atoms with Gasteiger partial charge in [0, 0.05) is 31.7 Å². The number of hydrogen-bond donors (Lipinski definition) is 1. The molecule has 5 nitrogen and oxygen atoms in total. The molecule has 2 atom stereocenters. The van der Waals surface area contributed by atoms with Crippen LogP contribution in [0.4, 0.5) is 0 Å². The first-order valence-electron chi connectivity index (χ1n) is 8.54. The Morgan fingerprint density at radius 2 is 2.00 bits per heavy atom. The number of nitrogens with zero attached hydrogens (tertiary/aromatic N) is 2. The Hall–Kier alpha value is -1.61. The molecule has 2 rings (SSSR count). The lowest BCUT2D eigenvalue weighted by atomic mass is 10.00. The molecule has 24 heavy (non-hydrogen) atoms. The molecule has 1 aromatic rings. The molecular weight excluding hydrogens is 302 g/mol. The van der Waals surface area contributed by atoms with E-state index in [0.717, 1.165) is 31.7 Å². The zero-order valence-corrected chi connectivity index (χ0v) is 15.4. The van der Waals surface area contributed by atoms with E-state index in [1.807, 2.05) is 18.2 Å². The van der Waals surface area contributed by atoms with Crippen molar-refractivity contribution in [2.45, 2.75) is 52.0 Å². The second-order valence-electron chi connectivity index (χ2n) is 7.22. The van der Waals surface area contributed by atoms with Crippen LogP contribution in [-0.2, 0) is 11.3 Å². The van der Waals surface area contributed by atoms with Gasteiger partial charge in [0.1, 0.15) is 11.8 Å². The van der Waals surface area contributed by atoms with Crippen molar-refractivity contribution in [1.29, 1.82) is 5.26 Å². The molecule has 1 aliphatic rings. The van der Waals surface area contributed by atoms with Crippen LogP contribution >= 0.6 is 0 Å². The molecule has 1 heterocycles. The summed E-state index contributed by atoms with van der Waals surface area (Å²) in [6, 6.07) is 7.92. The van der Waals surface area contributed by atoms with Crippen molar-refractivity contribution < 1.29 is 9.47 Å². The van der Waals surface area contributed by atoms with Crippen LogP contribution in [0.25, 0.3) is 0 Å². The standard InChI is InChI=1S/C19H29N3O2/c1-14-11-22(12-15(2)24-14)19(3,4)13-21-10-16-6-7-18(23-5)17(8-16)9-20/h6-8,14-15,21H,10-13H2,1-5H3. The van der Waals surface area contributed by atoms with E-state index >= 15 is 0 Å². The lowest BCUT2D eigenvalue weighted by molar-refractivity contribution is -0.0952. The minimum atomic E-state index is 0.0524. The third-order valence-electron chi connectivity index (χ3n) is 4.55. The average molecular weight is 331 g/mol. The number of morpholine rings is 1. The van der Waals surface area contributed by atoms with E-state index in [0.29, 0.717) is 11.3 Å². The van der Waals surface area contributed by atoms with Crippen LogP contribution < -0.4 is 10.1 Å². The van der Waals surface area contributed by atoms with Crippen LogP contribution in [0.2, 0.25) is 0 Å². The van der Waals surface area contributed by atoms with Gasteiger partial charge in [-0.1, -0.05) is 6.07 Å². The van der Waals surface area contributed by atoms with Crippen molar-refractivity contribution in [3.8, 4) is 11.8 Å². The highest BCUT2D eigenvalue weighted by Crippen LogP contribution is 2.21. The van der Waals surface area contributed by atoms with E-state index in [1.165, 1.54) is 0 Å². The van der Waals surface area contributed by atoms with E-state index in [4.69, 9.17) is 9.47 Å². The number of hydrogen-bond acceptors (Lipinski definition) is 5. The maximum absolute atomic E-state index is 9.18. The fourth-order valence-corrected chi connectivity index (χ4v) is 3.25. The Labute approximate surface area is 145 Å². The Kier molecular flexibility index (Phi) is 6.22. The summed E-state index contributed by atoms with van der Waals surface area (Å²) in [4.78, 5) is 2.49. The van der Waals surface area contributed by atoms with Gasteiger partial charge in [-0.15, -0.1) is 0 Å². The first-order chi connectivity index (χ1) is 11.4. The Morgan fingerprint density at radius 3 is 2.58 bits per heavy atom. The highest BCUT2D eigenvalue weighted by molar-refractivity contribution is 5.45. The molecule has 0 saturated carbocycles. The summed E-state index contributed by atoms with van der Waals surface area (Å²) in [6.07, 6.45) is 0.542. The predicted octanol–water partition coefficient (Wildman–Crippen LogP) is 2.54. The highest BCUT2D eigenvalue weighted by Gasteiger charge is 2.32. The predicted molar refractivity (Wildman–Crippen MR) is 95.1 cm³/mol. The summed E-state index contributed by atoms with van der Waals surface area (Å²) in [5.41, 5.74) is 1.72. The number of methoxy groups -OCH3 is 1. The number of ether oxygens (including phenoxy) is 2. The number of nitriles is 1. The lowest BCUT2D eigenvalue weighted by Gasteiger charge is -2.45. The molecule has 0 aromatic heterocycles. The van der Waals surface area contributed by atoms with Gasteiger partial charge in [-0.05, 0) is 45.4 Å². The average Bonchev–Trinajstić information content (AvgIpc) is 2.53. The normalized spacial score (nSPS) is 22.2. The smallest absolute Gasteiger partial charge is 0.136 e. The number of benzene rings is 1. The van der Waals surface area contributed by atoms with Crippen LogP contribution in [0.15, 0.2) is 18.2 Å². The molecule has 1 N–H and O–H groups in total. The van der Waals surface area contributed by atoms with Crippen molar-refractivity contribution in [2.24, 2.45) is 0 Å². The van der Waals surface area contributed by atoms with Crippen molar-refractivity contribution in [2.75, 3.05) is 26.7 Å². The van der Waals surface area contributed by atoms with Crippen LogP contribution in [0, 0.1) is 11.3 Å². The molecule has 0 amide bonds. The Balaban J connectivity index is 1.92. The van der Waals surface area contributed by atoms with Gasteiger partial charge >= 0.3 is 0 Å². The summed E-state index contributed by atoms with van der Waals surface area (Å²) in [5, 5.41) is 12.7. The fourth-order valence-electron chi connectivity index (χ4n) is 3.25. The lowest BCUT2D eigenvalue weighted by Crippen LogP contribution is -2.58. The molecule has 1 fully saturated rings. The number of nitrogens with one attached hydrogen (secondary N) is 1. The SMILES string of the molecule is COc1ccc(CNCC(C)(C)N2CC(C)OC(C)C2)cc1C#N. The zero-order valence-electron chi connectivity index (χ0n) is 15.4. The largest absolute Gasteiger partial charge is 0.495 e. The minimum absolute atomic E-state index is 0.0524. The minimum Gasteiger partial charge on any atom is -0.495 e. The fraction of sp³-hybridized carbons (Fsp3) is 0.632. The third kappa shape index (κ3) is 4.70. The third-order valence-corrected chi connectivity index (χ3v) is 4.55. The maximum atomic E-state index is 9.18. The summed E-state index contributed by atoms with van der Waals surface area (Å²) in [5.74, 6) is 0.623. The van der Waals surface area contributed by atoms with E-state index in [-0.39, 0.29) is 17.7 Å². The molecule has 1 aliphatic heterocycles. The molecule has 2 unspecified atom stereocenters. The molecule has 1 aromatic carbocycles. The van der Waals surface area contributed by atoms with Crippen LogP contribution in [0.5, 0.6) is 5.75 Å². The van der Waals surface area contributed by atoms with E-state index in [2.05, 4.69) is 44.0 Å². The van der Waals surface area contributed by atoms with Crippen molar-refractivity contribution in [1.82, 2.24) is 10.2 Å². The quantitative estimate of drug-likeness (QED) is 0.868. The zero-order chi connectivity index (χ0) is 17.7. The second kappa shape index (κ2) is 7.98. The molecule has 1 saturated heterocycles. The van der Waals surface area contributed by atoms with Gasteiger partial charge in [0.05, 0.1) is 24.9 Å². The van der Waals surface area contributed by atoms with Gasteiger partial charge in [-0.2, -0.15) is 5.26 Å². The number of rotatable bonds is 6. The first kappa shape index (κ1) is 18.7. The van der Waals surface area contributed by atoms with Gasteiger partial charge in [0.2, 0.25) is 0 Å². The monoisotopic (exact) mass is 331 g/mol. The van der Waals surface area contributed by atoms with Crippen LogP contribution in [0.1, 0.15) is 38.8 Å². The summed E-state index contributed by atoms with van der Waals surface area (Å²) in [6.45, 7) is 12.3. The van der Waals surface area contributed by atoms with Crippen molar-refractivity contribution in [3.05, 3.63) is 29.3 Å². The van der Waals surface area contributed by atoms with Crippen molar-refractivity contribution >= 4 is 0 Å². The summed E-state index contributed by atoms with van der Waals surface area (Å²) >= 11 is 0. The Morgan fingerprint density at radius 1 is 1.33 bits per heavy atom. The summed E-state index contributed by atoms with van der Waals surface area (Å²) < 4.78 is 11.0. The molecule has 0 radical (unpaired) electrons. The Bertz CT molecular complexity index is 585. The van der Waals surface area contributed by atoms with Gasteiger partial charge in [-0.25, -0.2) is 0 Å². The van der Waals surface area contributed by atoms with Gasteiger partial charge in [0.15, 0.2) is 0 Å². The van der Waals surface area contributed by atoms with Gasteiger partial charge in [0.25, 0.3) is 0 Å². The highest BCUT2D eigenvalue weighted by atomic mass is 16.5. The second-order valence-corrected chi connectivity index (χ2v) is 7.22. The molecule has 0 bridgehead atoms. The van der Waals surface area contributed by atoms with Crippen LogP contribution in [-0.4, -0.2) is 49.4 Å². The molecule has 132 valence electrons. The van der Waals surface area contributed by atoms with Crippen molar-refractivity contribution in [3.63, 3.8) is 0 Å². The van der Waals surface area contributed by atoms with E-state index < -0.39 is 0 Å². The molecule has 5 heteroatoms. The summed E-state index contributed by atoms with van der Waals surface area (Å²) in [7, 11) is 1.58. The van der Waals surface area contributed by atoms with Crippen LogP contribution in [0.3, 0.4) is 0 Å². The topological polar surface area (TPSA) is 57.5 Å². The van der Waals surface area contributed by atoms with Gasteiger partial charge < -0.3 is 14.8 Å². The maximum Gasteiger partial charge on any atom is 0.136 e. The van der Waals surface area contributed by atoms with E-state index in [1.54, 1.807) is 7.11 Å². The molecule has 0 aliphatic carbocycles.